The number of nitrogens with zero attached hydrogens (tertiary/aromatic N) is 4. The number of carbonyl (C=O) groups excluding carboxylic acids is 2. The molecule has 0 saturated carbocycles. The van der Waals surface area contributed by atoms with Crippen molar-refractivity contribution in [3.05, 3.63) is 11.6 Å². The van der Waals surface area contributed by atoms with E-state index in [1.807, 2.05) is 0 Å². The Morgan fingerprint density at radius 2 is 1.56 bits per heavy atom. The molecular weight excluding hydrogens is 550 g/mol. The standard InChI is InChI=1S/C29H48ClN5O6/c1-3-4-5-6-7-8-9-10-11-12-13-14-15-16-19-40-24(37)21-41-29(38)33-26-25-27(34-28(30)32-26)35(22-31-25)18-17-23(20-36)39-2/h22-23,36H,3-21H2,1-2H3,(H,32,33,34,38). The van der Waals surface area contributed by atoms with E-state index in [1.165, 1.54) is 84.1 Å². The molecule has 2 aromatic rings. The quantitative estimate of drug-likeness (QED) is 0.0840. The van der Waals surface area contributed by atoms with E-state index in [2.05, 4.69) is 27.2 Å². The molecule has 0 aliphatic rings. The molecule has 0 bridgehead atoms. The molecule has 0 radical (unpaired) electrons. The van der Waals surface area contributed by atoms with Crippen molar-refractivity contribution in [2.75, 3.05) is 32.2 Å². The molecule has 12 heteroatoms. The number of carbonyl (C=O) groups is 2. The Morgan fingerprint density at radius 3 is 2.15 bits per heavy atom. The number of halogens is 1. The van der Waals surface area contributed by atoms with Crippen molar-refractivity contribution in [2.24, 2.45) is 0 Å². The molecule has 1 amide bonds. The zero-order chi connectivity index (χ0) is 29.7. The molecule has 0 aliphatic heterocycles. The van der Waals surface area contributed by atoms with Gasteiger partial charge in [-0.15, -0.1) is 0 Å². The minimum atomic E-state index is -0.885. The monoisotopic (exact) mass is 597 g/mol. The second-order valence-corrected chi connectivity index (χ2v) is 10.6. The summed E-state index contributed by atoms with van der Waals surface area (Å²) in [7, 11) is 1.52. The van der Waals surface area contributed by atoms with Gasteiger partial charge in [0.15, 0.2) is 23.6 Å². The number of aromatic nitrogens is 4. The maximum atomic E-state index is 12.3. The zero-order valence-corrected chi connectivity index (χ0v) is 25.5. The number of ether oxygens (including phenoxy) is 3. The van der Waals surface area contributed by atoms with Crippen molar-refractivity contribution in [1.29, 1.82) is 0 Å². The van der Waals surface area contributed by atoms with E-state index >= 15 is 0 Å². The summed E-state index contributed by atoms with van der Waals surface area (Å²) in [6.07, 6.45) is 18.4. The maximum Gasteiger partial charge on any atom is 0.413 e. The van der Waals surface area contributed by atoms with Gasteiger partial charge in [0.2, 0.25) is 5.28 Å². The summed E-state index contributed by atoms with van der Waals surface area (Å²) in [6.45, 7) is 2.39. The number of aryl methyl sites for hydroxylation is 1. The first-order valence-corrected chi connectivity index (χ1v) is 15.5. The topological polar surface area (TPSA) is 138 Å². The fourth-order valence-corrected chi connectivity index (χ4v) is 4.68. The van der Waals surface area contributed by atoms with E-state index in [-0.39, 0.29) is 23.8 Å². The average molecular weight is 598 g/mol. The molecule has 232 valence electrons. The highest BCUT2D eigenvalue weighted by Gasteiger charge is 2.17. The molecule has 11 nitrogen and oxygen atoms in total. The summed E-state index contributed by atoms with van der Waals surface area (Å²) in [5, 5.41) is 11.7. The predicted octanol–water partition coefficient (Wildman–Crippen LogP) is 6.45. The molecular formula is C29H48ClN5O6. The average Bonchev–Trinajstić information content (AvgIpc) is 3.37. The zero-order valence-electron chi connectivity index (χ0n) is 24.7. The highest BCUT2D eigenvalue weighted by Crippen LogP contribution is 2.21. The van der Waals surface area contributed by atoms with Gasteiger partial charge in [0.25, 0.3) is 0 Å². The lowest BCUT2D eigenvalue weighted by Crippen LogP contribution is -2.21. The largest absolute Gasteiger partial charge is 0.463 e. The van der Waals surface area contributed by atoms with Gasteiger partial charge in [0.05, 0.1) is 25.6 Å². The van der Waals surface area contributed by atoms with Gasteiger partial charge < -0.3 is 23.9 Å². The van der Waals surface area contributed by atoms with E-state index in [1.54, 1.807) is 4.57 Å². The number of methoxy groups -OCH3 is 1. The lowest BCUT2D eigenvalue weighted by Gasteiger charge is -2.12. The molecule has 0 aliphatic carbocycles. The highest BCUT2D eigenvalue weighted by molar-refractivity contribution is 6.28. The fourth-order valence-electron chi connectivity index (χ4n) is 4.52. The molecule has 2 N–H and O–H groups in total. The van der Waals surface area contributed by atoms with Crippen LogP contribution in [-0.4, -0.2) is 69.7 Å². The Hall–Kier alpha value is -2.50. The number of aliphatic hydroxyl groups excluding tert-OH is 1. The van der Waals surface area contributed by atoms with Crippen molar-refractivity contribution >= 4 is 40.6 Å². The van der Waals surface area contributed by atoms with Crippen LogP contribution in [0.5, 0.6) is 0 Å². The lowest BCUT2D eigenvalue weighted by atomic mass is 10.0. The van der Waals surface area contributed by atoms with Crippen molar-refractivity contribution in [3.8, 4) is 0 Å². The van der Waals surface area contributed by atoms with Crippen LogP contribution in [0.2, 0.25) is 5.28 Å². The predicted molar refractivity (Wildman–Crippen MR) is 159 cm³/mol. The van der Waals surface area contributed by atoms with Gasteiger partial charge in [0.1, 0.15) is 0 Å². The van der Waals surface area contributed by atoms with Crippen molar-refractivity contribution in [3.63, 3.8) is 0 Å². The third kappa shape index (κ3) is 14.3. The molecule has 0 aromatic carbocycles. The number of anilines is 1. The van der Waals surface area contributed by atoms with E-state index < -0.39 is 18.7 Å². The van der Waals surface area contributed by atoms with Gasteiger partial charge in [-0.05, 0) is 24.4 Å². The first-order valence-electron chi connectivity index (χ1n) is 15.1. The molecule has 2 heterocycles. The second kappa shape index (κ2) is 21.2. The third-order valence-electron chi connectivity index (χ3n) is 6.97. The Balaban J connectivity index is 1.56. The number of unbranched alkanes of at least 4 members (excludes halogenated alkanes) is 13. The Kier molecular flexibility index (Phi) is 18.0. The number of esters is 1. The molecule has 2 aromatic heterocycles. The number of hydrogen-bond acceptors (Lipinski definition) is 9. The van der Waals surface area contributed by atoms with E-state index in [0.29, 0.717) is 30.7 Å². The number of imidazole rings is 1. The van der Waals surface area contributed by atoms with Crippen LogP contribution in [0.1, 0.15) is 103 Å². The normalized spacial score (nSPS) is 12.0. The minimum absolute atomic E-state index is 0.0602. The van der Waals surface area contributed by atoms with E-state index in [0.717, 1.165) is 19.3 Å². The smallest absolute Gasteiger partial charge is 0.413 e. The van der Waals surface area contributed by atoms with Gasteiger partial charge >= 0.3 is 12.1 Å². The molecule has 1 unspecified atom stereocenters. The molecule has 2 rings (SSSR count). The SMILES string of the molecule is CCCCCCCCCCCCCCCCOC(=O)COC(=O)Nc1nc(Cl)nc2c1ncn2CCC(CO)OC. The Labute approximate surface area is 248 Å². The number of nitrogens with one attached hydrogen (secondary N) is 1. The fraction of sp³-hybridized carbons (Fsp3) is 0.759. The van der Waals surface area contributed by atoms with E-state index in [9.17, 15) is 14.7 Å². The molecule has 0 saturated heterocycles. The summed E-state index contributed by atoms with van der Waals surface area (Å²) in [4.78, 5) is 36.7. The van der Waals surface area contributed by atoms with Crippen LogP contribution in [0.4, 0.5) is 10.6 Å². The molecule has 41 heavy (non-hydrogen) atoms. The summed E-state index contributed by atoms with van der Waals surface area (Å²) < 4.78 is 17.0. The second-order valence-electron chi connectivity index (χ2n) is 10.3. The van der Waals surface area contributed by atoms with E-state index in [4.69, 9.17) is 25.8 Å². The number of aliphatic hydroxyl groups is 1. The number of amides is 1. The van der Waals surface area contributed by atoms with Gasteiger partial charge in [-0.1, -0.05) is 90.4 Å². The van der Waals surface area contributed by atoms with Crippen LogP contribution >= 0.6 is 11.6 Å². The molecule has 0 fully saturated rings. The Bertz CT molecular complexity index is 1020. The first kappa shape index (κ1) is 34.7. The van der Waals surface area contributed by atoms with Crippen LogP contribution < -0.4 is 5.32 Å². The number of fused-ring (bicyclic) bond motifs is 1. The third-order valence-corrected chi connectivity index (χ3v) is 7.14. The summed E-state index contributed by atoms with van der Waals surface area (Å²) >= 11 is 6.04. The number of rotatable bonds is 23. The van der Waals surface area contributed by atoms with Gasteiger partial charge in [-0.25, -0.2) is 14.6 Å². The molecule has 0 spiro atoms. The van der Waals surface area contributed by atoms with Crippen LogP contribution in [-0.2, 0) is 25.5 Å². The molecule has 1 atom stereocenters. The van der Waals surface area contributed by atoms with Crippen LogP contribution in [0.3, 0.4) is 0 Å². The lowest BCUT2D eigenvalue weighted by molar-refractivity contribution is -0.147. The Morgan fingerprint density at radius 1 is 0.951 bits per heavy atom. The maximum absolute atomic E-state index is 12.3. The summed E-state index contributed by atoms with van der Waals surface area (Å²) in [5.41, 5.74) is 0.713. The van der Waals surface area contributed by atoms with Crippen molar-refractivity contribution in [2.45, 2.75) is 116 Å². The van der Waals surface area contributed by atoms with Crippen LogP contribution in [0, 0.1) is 0 Å². The summed E-state index contributed by atoms with van der Waals surface area (Å²) in [5.74, 6) is -0.549. The van der Waals surface area contributed by atoms with Gasteiger partial charge in [-0.2, -0.15) is 9.97 Å². The van der Waals surface area contributed by atoms with Crippen LogP contribution in [0.25, 0.3) is 11.2 Å². The van der Waals surface area contributed by atoms with Crippen molar-refractivity contribution in [1.82, 2.24) is 19.5 Å². The minimum Gasteiger partial charge on any atom is -0.463 e. The van der Waals surface area contributed by atoms with Gasteiger partial charge in [0, 0.05) is 13.7 Å². The van der Waals surface area contributed by atoms with Crippen LogP contribution in [0.15, 0.2) is 6.33 Å². The number of hydrogen-bond donors (Lipinski definition) is 2. The summed E-state index contributed by atoms with van der Waals surface area (Å²) in [6, 6.07) is 0. The highest BCUT2D eigenvalue weighted by atomic mass is 35.5. The first-order chi connectivity index (χ1) is 20.0. The van der Waals surface area contributed by atoms with Gasteiger partial charge in [-0.3, -0.25) is 5.32 Å². The van der Waals surface area contributed by atoms with Crippen molar-refractivity contribution < 1.29 is 28.9 Å².